The van der Waals surface area contributed by atoms with Crippen molar-refractivity contribution in [2.45, 2.75) is 46.6 Å². The molecule has 0 N–H and O–H groups in total. The van der Waals surface area contributed by atoms with Crippen molar-refractivity contribution in [3.63, 3.8) is 0 Å². The van der Waals surface area contributed by atoms with E-state index in [1.807, 2.05) is 20.8 Å². The van der Waals surface area contributed by atoms with Crippen LogP contribution in [0.2, 0.25) is 5.02 Å². The third-order valence-corrected chi connectivity index (χ3v) is 3.20. The van der Waals surface area contributed by atoms with Crippen molar-refractivity contribution in [1.29, 1.82) is 0 Å². The van der Waals surface area contributed by atoms with Crippen molar-refractivity contribution in [3.8, 4) is 0 Å². The smallest absolute Gasteiger partial charge is 0.330 e. The molecule has 0 aliphatic carbocycles. The molecule has 1 atom stereocenters. The van der Waals surface area contributed by atoms with Crippen LogP contribution in [0.25, 0.3) is 0 Å². The third kappa shape index (κ3) is 3.00. The van der Waals surface area contributed by atoms with Crippen LogP contribution in [-0.2, 0) is 9.53 Å². The van der Waals surface area contributed by atoms with Gasteiger partial charge < -0.3 is 4.74 Å². The van der Waals surface area contributed by atoms with E-state index in [4.69, 9.17) is 16.3 Å². The second-order valence-electron chi connectivity index (χ2n) is 3.99. The predicted molar refractivity (Wildman–Crippen MR) is 67.3 cm³/mol. The summed E-state index contributed by atoms with van der Waals surface area (Å²) in [5.74, 6) is -0.239. The first-order chi connectivity index (χ1) is 8.02. The van der Waals surface area contributed by atoms with Gasteiger partial charge in [-0.15, -0.1) is 0 Å². The highest BCUT2D eigenvalue weighted by atomic mass is 35.5. The van der Waals surface area contributed by atoms with Gasteiger partial charge in [-0.25, -0.2) is 4.79 Å². The van der Waals surface area contributed by atoms with Crippen molar-refractivity contribution in [2.24, 2.45) is 0 Å². The zero-order chi connectivity index (χ0) is 13.0. The number of nitrogens with zero attached hydrogens (tertiary/aromatic N) is 2. The lowest BCUT2D eigenvalue weighted by Gasteiger charge is -2.16. The Hall–Kier alpha value is -1.03. The lowest BCUT2D eigenvalue weighted by Crippen LogP contribution is -2.24. The van der Waals surface area contributed by atoms with Crippen LogP contribution in [0.1, 0.15) is 44.1 Å². The number of rotatable bonds is 5. The Morgan fingerprint density at radius 3 is 2.53 bits per heavy atom. The molecule has 0 aliphatic heterocycles. The number of ether oxygens (including phenoxy) is 1. The average Bonchev–Trinajstić information content (AvgIpc) is 2.54. The third-order valence-electron chi connectivity index (χ3n) is 2.65. The molecule has 0 saturated heterocycles. The van der Waals surface area contributed by atoms with Gasteiger partial charge in [0.15, 0.2) is 0 Å². The molecule has 17 heavy (non-hydrogen) atoms. The van der Waals surface area contributed by atoms with E-state index in [1.54, 1.807) is 11.6 Å². The molecule has 1 rings (SSSR count). The van der Waals surface area contributed by atoms with Gasteiger partial charge in [-0.2, -0.15) is 5.10 Å². The maximum absolute atomic E-state index is 11.9. The predicted octanol–water partition coefficient (Wildman–Crippen LogP) is 3.06. The van der Waals surface area contributed by atoms with Crippen LogP contribution < -0.4 is 0 Å². The Balaban J connectivity index is 3.05. The van der Waals surface area contributed by atoms with E-state index in [0.29, 0.717) is 18.1 Å². The fourth-order valence-electron chi connectivity index (χ4n) is 1.80. The summed E-state index contributed by atoms with van der Waals surface area (Å²) in [5, 5.41) is 4.94. The molecule has 0 fully saturated rings. The maximum Gasteiger partial charge on any atom is 0.330 e. The molecule has 0 bridgehead atoms. The molecule has 1 unspecified atom stereocenters. The van der Waals surface area contributed by atoms with E-state index in [1.165, 1.54) is 0 Å². The topological polar surface area (TPSA) is 44.1 Å². The first-order valence-corrected chi connectivity index (χ1v) is 6.28. The number of carbonyl (C=O) groups is 1. The maximum atomic E-state index is 11.9. The summed E-state index contributed by atoms with van der Waals surface area (Å²) in [6.45, 7) is 7.91. The summed E-state index contributed by atoms with van der Waals surface area (Å²) in [6, 6.07) is -0.369. The molecule has 0 radical (unpaired) electrons. The minimum absolute atomic E-state index is 0.239. The number of aromatic nitrogens is 2. The van der Waals surface area contributed by atoms with E-state index >= 15 is 0 Å². The van der Waals surface area contributed by atoms with Gasteiger partial charge in [-0.3, -0.25) is 4.68 Å². The Labute approximate surface area is 107 Å². The van der Waals surface area contributed by atoms with E-state index in [0.717, 1.165) is 17.8 Å². The molecule has 0 aromatic carbocycles. The Morgan fingerprint density at radius 2 is 2.12 bits per heavy atom. The molecule has 1 aromatic heterocycles. The summed E-state index contributed by atoms with van der Waals surface area (Å²) < 4.78 is 6.75. The van der Waals surface area contributed by atoms with Crippen LogP contribution in [-0.4, -0.2) is 22.4 Å². The molecule has 0 aliphatic rings. The molecule has 96 valence electrons. The van der Waals surface area contributed by atoms with Crippen LogP contribution in [0, 0.1) is 13.8 Å². The van der Waals surface area contributed by atoms with Crippen molar-refractivity contribution in [2.75, 3.05) is 6.61 Å². The Bertz CT molecular complexity index is 401. The molecule has 1 aromatic rings. The summed E-state index contributed by atoms with van der Waals surface area (Å²) in [6.07, 6.45) is 1.59. The van der Waals surface area contributed by atoms with Gasteiger partial charge in [0.05, 0.1) is 23.0 Å². The fourth-order valence-corrected chi connectivity index (χ4v) is 1.92. The van der Waals surface area contributed by atoms with Gasteiger partial charge in [-0.1, -0.05) is 24.9 Å². The molecule has 0 amide bonds. The minimum Gasteiger partial charge on any atom is -0.464 e. The van der Waals surface area contributed by atoms with Crippen molar-refractivity contribution >= 4 is 17.6 Å². The van der Waals surface area contributed by atoms with Crippen LogP contribution >= 0.6 is 11.6 Å². The fraction of sp³-hybridized carbons (Fsp3) is 0.667. The van der Waals surface area contributed by atoms with Crippen molar-refractivity contribution in [3.05, 3.63) is 16.4 Å². The number of hydrogen-bond donors (Lipinski definition) is 0. The Kier molecular flexibility index (Phi) is 5.00. The summed E-state index contributed by atoms with van der Waals surface area (Å²) >= 11 is 6.09. The monoisotopic (exact) mass is 258 g/mol. The summed E-state index contributed by atoms with van der Waals surface area (Å²) in [4.78, 5) is 11.9. The van der Waals surface area contributed by atoms with Gasteiger partial charge in [0.1, 0.15) is 6.04 Å². The first kappa shape index (κ1) is 14.0. The average molecular weight is 259 g/mol. The molecule has 0 spiro atoms. The number of hydrogen-bond acceptors (Lipinski definition) is 3. The molecule has 5 heteroatoms. The lowest BCUT2D eigenvalue weighted by atomic mass is 10.1. The summed E-state index contributed by atoms with van der Waals surface area (Å²) in [7, 11) is 0. The quantitative estimate of drug-likeness (QED) is 0.763. The molecule has 4 nitrogen and oxygen atoms in total. The molecule has 0 saturated carbocycles. The molecule has 1 heterocycles. The second-order valence-corrected chi connectivity index (χ2v) is 4.36. The van der Waals surface area contributed by atoms with Gasteiger partial charge in [-0.05, 0) is 27.2 Å². The molecular weight excluding hydrogens is 240 g/mol. The van der Waals surface area contributed by atoms with Crippen LogP contribution in [0.3, 0.4) is 0 Å². The zero-order valence-corrected chi connectivity index (χ0v) is 11.5. The van der Waals surface area contributed by atoms with Crippen LogP contribution in [0.5, 0.6) is 0 Å². The number of carbonyl (C=O) groups excluding carboxylic acids is 1. The van der Waals surface area contributed by atoms with Gasteiger partial charge in [0, 0.05) is 0 Å². The highest BCUT2D eigenvalue weighted by Crippen LogP contribution is 2.25. The second kappa shape index (κ2) is 6.05. The SMILES string of the molecule is CCCC(C(=O)OCC)n1nc(C)c(Cl)c1C. The van der Waals surface area contributed by atoms with Gasteiger partial charge >= 0.3 is 5.97 Å². The van der Waals surface area contributed by atoms with Crippen LogP contribution in [0.15, 0.2) is 0 Å². The standard InChI is InChI=1S/C12H19ClN2O2/c1-5-7-10(12(16)17-6-2)15-9(4)11(13)8(3)14-15/h10H,5-7H2,1-4H3. The van der Waals surface area contributed by atoms with E-state index in [9.17, 15) is 4.79 Å². The van der Waals surface area contributed by atoms with E-state index in [2.05, 4.69) is 5.10 Å². The normalized spacial score (nSPS) is 12.5. The highest BCUT2D eigenvalue weighted by Gasteiger charge is 2.25. The zero-order valence-electron chi connectivity index (χ0n) is 10.8. The highest BCUT2D eigenvalue weighted by molar-refractivity contribution is 6.31. The lowest BCUT2D eigenvalue weighted by molar-refractivity contribution is -0.147. The van der Waals surface area contributed by atoms with E-state index in [-0.39, 0.29) is 12.0 Å². The van der Waals surface area contributed by atoms with Crippen LogP contribution in [0.4, 0.5) is 0 Å². The number of aryl methyl sites for hydroxylation is 1. The van der Waals surface area contributed by atoms with Crippen molar-refractivity contribution < 1.29 is 9.53 Å². The summed E-state index contributed by atoms with van der Waals surface area (Å²) in [5.41, 5.74) is 1.56. The van der Waals surface area contributed by atoms with E-state index < -0.39 is 0 Å². The first-order valence-electron chi connectivity index (χ1n) is 5.90. The Morgan fingerprint density at radius 1 is 1.47 bits per heavy atom. The molecular formula is C12H19ClN2O2. The number of halogens is 1. The minimum atomic E-state index is -0.369. The van der Waals surface area contributed by atoms with Gasteiger partial charge in [0.2, 0.25) is 0 Å². The van der Waals surface area contributed by atoms with Crippen molar-refractivity contribution in [1.82, 2.24) is 9.78 Å². The number of esters is 1. The van der Waals surface area contributed by atoms with Gasteiger partial charge in [0.25, 0.3) is 0 Å². The largest absolute Gasteiger partial charge is 0.464 e.